The van der Waals surface area contributed by atoms with Gasteiger partial charge in [-0.3, -0.25) is 9.59 Å². The van der Waals surface area contributed by atoms with Crippen LogP contribution in [0.3, 0.4) is 0 Å². The number of carbonyl (C=O) groups excluding carboxylic acids is 1. The van der Waals surface area contributed by atoms with Crippen LogP contribution in [0.25, 0.3) is 0 Å². The highest BCUT2D eigenvalue weighted by Gasteiger charge is 2.24. The molecule has 0 bridgehead atoms. The molecule has 0 aliphatic carbocycles. The first-order valence-electron chi connectivity index (χ1n) is 13.5. The Labute approximate surface area is 224 Å². The molecule has 0 saturated heterocycles. The molecule has 0 spiro atoms. The lowest BCUT2D eigenvalue weighted by Gasteiger charge is -2.22. The van der Waals surface area contributed by atoms with Crippen LogP contribution in [0.15, 0.2) is 66.7 Å². The molecule has 0 fully saturated rings. The molecule has 3 aromatic carbocycles. The van der Waals surface area contributed by atoms with Crippen molar-refractivity contribution in [2.45, 2.75) is 57.8 Å². The van der Waals surface area contributed by atoms with Gasteiger partial charge in [-0.1, -0.05) is 48.5 Å². The van der Waals surface area contributed by atoms with Crippen molar-refractivity contribution in [2.75, 3.05) is 19.8 Å². The highest BCUT2D eigenvalue weighted by Crippen LogP contribution is 2.37. The quantitative estimate of drug-likeness (QED) is 0.233. The van der Waals surface area contributed by atoms with E-state index in [2.05, 4.69) is 24.3 Å². The number of unbranched alkanes of at least 4 members (excludes halogenated alkanes) is 2. The number of rotatable bonds is 15. The Kier molecular flexibility index (Phi) is 10.2. The summed E-state index contributed by atoms with van der Waals surface area (Å²) in [5.41, 5.74) is 3.88. The van der Waals surface area contributed by atoms with Crippen molar-refractivity contribution in [3.05, 3.63) is 89.0 Å². The van der Waals surface area contributed by atoms with Crippen molar-refractivity contribution < 1.29 is 28.9 Å². The largest absolute Gasteiger partial charge is 0.493 e. The Hall–Kier alpha value is -3.80. The van der Waals surface area contributed by atoms with E-state index in [4.69, 9.17) is 19.3 Å². The first-order chi connectivity index (χ1) is 18.6. The molecule has 0 radical (unpaired) electrons. The summed E-state index contributed by atoms with van der Waals surface area (Å²) in [5, 5.41) is 8.95. The number of carbonyl (C=O) groups is 2. The number of hydrogen-bond acceptors (Lipinski definition) is 5. The monoisotopic (exact) mass is 516 g/mol. The molecule has 0 atom stereocenters. The van der Waals surface area contributed by atoms with Crippen molar-refractivity contribution in [3.63, 3.8) is 0 Å². The number of aryl methyl sites for hydroxylation is 2. The number of aliphatic carboxylic acids is 1. The average molecular weight is 517 g/mol. The molecule has 1 heterocycles. The molecule has 0 saturated carbocycles. The number of benzene rings is 3. The van der Waals surface area contributed by atoms with Crippen LogP contribution in [-0.4, -0.2) is 36.7 Å². The fourth-order valence-electron chi connectivity index (χ4n) is 4.70. The van der Waals surface area contributed by atoms with Crippen LogP contribution < -0.4 is 14.2 Å². The summed E-state index contributed by atoms with van der Waals surface area (Å²) in [6.07, 6.45) is 6.36. The highest BCUT2D eigenvalue weighted by molar-refractivity contribution is 6.00. The molecule has 38 heavy (non-hydrogen) atoms. The molecule has 6 nitrogen and oxygen atoms in total. The number of Topliss-reactive ketones (excluding diaryl/α,β-unsaturated/α-hetero) is 1. The minimum Gasteiger partial charge on any atom is -0.493 e. The number of hydrogen-bond donors (Lipinski definition) is 1. The van der Waals surface area contributed by atoms with E-state index in [1.807, 2.05) is 42.5 Å². The van der Waals surface area contributed by atoms with Crippen LogP contribution in [0.4, 0.5) is 0 Å². The topological polar surface area (TPSA) is 82.1 Å². The molecule has 4 rings (SSSR count). The molecule has 200 valence electrons. The van der Waals surface area contributed by atoms with Gasteiger partial charge in [-0.2, -0.15) is 0 Å². The fraction of sp³-hybridized carbons (Fsp3) is 0.375. The summed E-state index contributed by atoms with van der Waals surface area (Å²) in [7, 11) is 0. The van der Waals surface area contributed by atoms with E-state index in [1.165, 1.54) is 5.56 Å². The molecule has 1 aliphatic rings. The second kappa shape index (κ2) is 14.2. The van der Waals surface area contributed by atoms with Crippen molar-refractivity contribution >= 4 is 11.8 Å². The van der Waals surface area contributed by atoms with Gasteiger partial charge in [0.25, 0.3) is 0 Å². The lowest BCUT2D eigenvalue weighted by atomic mass is 9.96. The Morgan fingerprint density at radius 1 is 0.789 bits per heavy atom. The van der Waals surface area contributed by atoms with Gasteiger partial charge in [-0.15, -0.1) is 0 Å². The Morgan fingerprint density at radius 2 is 1.53 bits per heavy atom. The lowest BCUT2D eigenvalue weighted by Crippen LogP contribution is -2.17. The minimum atomic E-state index is -0.809. The lowest BCUT2D eigenvalue weighted by molar-refractivity contribution is -0.136. The number of carboxylic acid groups (broad SMARTS) is 1. The third-order valence-electron chi connectivity index (χ3n) is 6.71. The van der Waals surface area contributed by atoms with E-state index in [0.717, 1.165) is 61.2 Å². The van der Waals surface area contributed by atoms with E-state index in [0.29, 0.717) is 44.0 Å². The molecular formula is C32H36O6. The first kappa shape index (κ1) is 27.2. The molecule has 0 amide bonds. The molecular weight excluding hydrogens is 480 g/mol. The zero-order chi connectivity index (χ0) is 26.6. The molecule has 1 N–H and O–H groups in total. The van der Waals surface area contributed by atoms with Crippen LogP contribution in [-0.2, 0) is 24.1 Å². The normalized spacial score (nSPS) is 12.5. The number of para-hydroxylation sites is 1. The van der Waals surface area contributed by atoms with Gasteiger partial charge >= 0.3 is 5.97 Å². The van der Waals surface area contributed by atoms with Crippen LogP contribution >= 0.6 is 0 Å². The standard InChI is InChI=1S/C32H36O6/c33-28-20-23-38-32-26(28)17-18-30(27(32)14-9-12-24-10-3-1-4-11-24)37-22-8-2-7-21-36-29-15-6-5-13-25(29)16-19-31(34)35/h1,3-6,10-11,13,15,17-18H,2,7-9,12,14,16,19-23H2,(H,34,35). The fourth-order valence-corrected chi connectivity index (χ4v) is 4.70. The second-order valence-electron chi connectivity index (χ2n) is 9.54. The van der Waals surface area contributed by atoms with E-state index in [9.17, 15) is 9.59 Å². The maximum atomic E-state index is 12.4. The van der Waals surface area contributed by atoms with E-state index >= 15 is 0 Å². The Bertz CT molecular complexity index is 1200. The van der Waals surface area contributed by atoms with E-state index in [-0.39, 0.29) is 12.2 Å². The predicted octanol–water partition coefficient (Wildman–Crippen LogP) is 6.47. The number of carboxylic acids is 1. The summed E-state index contributed by atoms with van der Waals surface area (Å²) in [6, 6.07) is 21.8. The summed E-state index contributed by atoms with van der Waals surface area (Å²) in [6.45, 7) is 1.57. The Balaban J connectivity index is 1.26. The first-order valence-corrected chi connectivity index (χ1v) is 13.5. The SMILES string of the molecule is O=C(O)CCc1ccccc1OCCCCCOc1ccc2c(c1CCCc1ccccc1)OCCC2=O. The Morgan fingerprint density at radius 3 is 2.32 bits per heavy atom. The summed E-state index contributed by atoms with van der Waals surface area (Å²) in [5.74, 6) is 1.58. The summed E-state index contributed by atoms with van der Waals surface area (Å²) < 4.78 is 18.1. The second-order valence-corrected chi connectivity index (χ2v) is 9.54. The zero-order valence-electron chi connectivity index (χ0n) is 21.8. The number of ketones is 1. The summed E-state index contributed by atoms with van der Waals surface area (Å²) in [4.78, 5) is 23.3. The highest BCUT2D eigenvalue weighted by atomic mass is 16.5. The van der Waals surface area contributed by atoms with Gasteiger partial charge in [0.1, 0.15) is 17.2 Å². The molecule has 6 heteroatoms. The minimum absolute atomic E-state index is 0.0911. The number of fused-ring (bicyclic) bond motifs is 1. The molecule has 3 aromatic rings. The third kappa shape index (κ3) is 7.85. The maximum Gasteiger partial charge on any atom is 0.303 e. The number of ether oxygens (including phenoxy) is 3. The third-order valence-corrected chi connectivity index (χ3v) is 6.71. The van der Waals surface area contributed by atoms with Crippen molar-refractivity contribution in [3.8, 4) is 17.2 Å². The molecule has 0 unspecified atom stereocenters. The van der Waals surface area contributed by atoms with Crippen LogP contribution in [0.2, 0.25) is 0 Å². The average Bonchev–Trinajstić information content (AvgIpc) is 2.93. The molecule has 0 aromatic heterocycles. The van der Waals surface area contributed by atoms with Gasteiger partial charge in [0.2, 0.25) is 0 Å². The van der Waals surface area contributed by atoms with Gasteiger partial charge in [-0.25, -0.2) is 0 Å². The van der Waals surface area contributed by atoms with Crippen molar-refractivity contribution in [2.24, 2.45) is 0 Å². The van der Waals surface area contributed by atoms with Crippen LogP contribution in [0.1, 0.15) is 65.6 Å². The van der Waals surface area contributed by atoms with Crippen molar-refractivity contribution in [1.82, 2.24) is 0 Å². The van der Waals surface area contributed by atoms with Gasteiger partial charge in [-0.05, 0) is 74.3 Å². The smallest absolute Gasteiger partial charge is 0.303 e. The van der Waals surface area contributed by atoms with Gasteiger partial charge in [0.15, 0.2) is 5.78 Å². The predicted molar refractivity (Wildman–Crippen MR) is 147 cm³/mol. The van der Waals surface area contributed by atoms with E-state index in [1.54, 1.807) is 0 Å². The maximum absolute atomic E-state index is 12.4. The van der Waals surface area contributed by atoms with Crippen LogP contribution in [0, 0.1) is 0 Å². The molecule has 1 aliphatic heterocycles. The van der Waals surface area contributed by atoms with E-state index < -0.39 is 5.97 Å². The van der Waals surface area contributed by atoms with Gasteiger partial charge < -0.3 is 19.3 Å². The van der Waals surface area contributed by atoms with Gasteiger partial charge in [0, 0.05) is 18.4 Å². The van der Waals surface area contributed by atoms with Crippen LogP contribution in [0.5, 0.6) is 17.2 Å². The van der Waals surface area contributed by atoms with Crippen molar-refractivity contribution in [1.29, 1.82) is 0 Å². The zero-order valence-corrected chi connectivity index (χ0v) is 21.8. The van der Waals surface area contributed by atoms with Gasteiger partial charge in [0.05, 0.1) is 25.4 Å². The summed E-state index contributed by atoms with van der Waals surface area (Å²) >= 11 is 0.